The largest absolute Gasteiger partial charge is 0.352 e. The number of hydrogen-bond donors (Lipinski definition) is 1. The van der Waals surface area contributed by atoms with Gasteiger partial charge in [-0.25, -0.2) is 9.97 Å². The van der Waals surface area contributed by atoms with E-state index in [1.54, 1.807) is 6.07 Å². The van der Waals surface area contributed by atoms with Gasteiger partial charge in [0.05, 0.1) is 0 Å². The Hall–Kier alpha value is -2.43. The van der Waals surface area contributed by atoms with Gasteiger partial charge in [0.2, 0.25) is 5.95 Å². The molecule has 0 saturated heterocycles. The number of hydrogen-bond acceptors (Lipinski definition) is 4. The van der Waals surface area contributed by atoms with E-state index in [0.29, 0.717) is 11.6 Å². The molecule has 2 heterocycles. The number of para-hydroxylation sites is 1. The van der Waals surface area contributed by atoms with Crippen LogP contribution in [0, 0.1) is 6.92 Å². The van der Waals surface area contributed by atoms with Gasteiger partial charge >= 0.3 is 0 Å². The summed E-state index contributed by atoms with van der Waals surface area (Å²) in [6.07, 6.45) is 1.99. The highest BCUT2D eigenvalue weighted by atomic mass is 16.2. The van der Waals surface area contributed by atoms with Crippen molar-refractivity contribution in [3.8, 4) is 0 Å². The summed E-state index contributed by atoms with van der Waals surface area (Å²) >= 11 is 0. The molecule has 1 aliphatic heterocycles. The molecule has 0 saturated carbocycles. The number of fused-ring (bicyclic) bond motifs is 1. The minimum Gasteiger partial charge on any atom is -0.352 e. The maximum absolute atomic E-state index is 13.0. The third kappa shape index (κ3) is 3.33. The van der Waals surface area contributed by atoms with Crippen molar-refractivity contribution in [1.82, 2.24) is 9.97 Å². The number of aromatic nitrogens is 2. The van der Waals surface area contributed by atoms with E-state index in [2.05, 4.69) is 21.4 Å². The van der Waals surface area contributed by atoms with Gasteiger partial charge < -0.3 is 10.2 Å². The van der Waals surface area contributed by atoms with Crippen molar-refractivity contribution < 1.29 is 4.79 Å². The summed E-state index contributed by atoms with van der Waals surface area (Å²) in [6, 6.07) is 10.1. The van der Waals surface area contributed by atoms with Crippen molar-refractivity contribution in [2.45, 2.75) is 39.7 Å². The van der Waals surface area contributed by atoms with Gasteiger partial charge in [-0.15, -0.1) is 0 Å². The minimum absolute atomic E-state index is 0.0607. The Balaban J connectivity index is 1.94. The van der Waals surface area contributed by atoms with E-state index in [-0.39, 0.29) is 11.9 Å². The molecule has 0 aliphatic carbocycles. The number of carbonyl (C=O) groups excluding carboxylic acids is 1. The van der Waals surface area contributed by atoms with Gasteiger partial charge in [0, 0.05) is 24.0 Å². The molecule has 2 aromatic rings. The van der Waals surface area contributed by atoms with Crippen molar-refractivity contribution in [2.75, 3.05) is 16.8 Å². The quantitative estimate of drug-likeness (QED) is 0.946. The lowest BCUT2D eigenvalue weighted by Gasteiger charge is -2.29. The van der Waals surface area contributed by atoms with E-state index in [1.807, 2.05) is 43.9 Å². The van der Waals surface area contributed by atoms with E-state index in [0.717, 1.165) is 30.8 Å². The van der Waals surface area contributed by atoms with E-state index < -0.39 is 0 Å². The topological polar surface area (TPSA) is 58.1 Å². The Bertz CT molecular complexity index is 727. The van der Waals surface area contributed by atoms with Gasteiger partial charge in [-0.2, -0.15) is 0 Å². The Labute approximate surface area is 136 Å². The average molecular weight is 310 g/mol. The van der Waals surface area contributed by atoms with Crippen LogP contribution >= 0.6 is 0 Å². The van der Waals surface area contributed by atoms with Gasteiger partial charge in [-0.05, 0) is 51.3 Å². The Kier molecular flexibility index (Phi) is 4.28. The summed E-state index contributed by atoms with van der Waals surface area (Å²) in [4.78, 5) is 23.6. The van der Waals surface area contributed by atoms with Crippen LogP contribution in [0.3, 0.4) is 0 Å². The summed E-state index contributed by atoms with van der Waals surface area (Å²) in [7, 11) is 0. The van der Waals surface area contributed by atoms with Gasteiger partial charge in [-0.1, -0.05) is 18.2 Å². The molecule has 0 radical (unpaired) electrons. The summed E-state index contributed by atoms with van der Waals surface area (Å²) in [6.45, 7) is 6.65. The number of anilines is 2. The predicted molar refractivity (Wildman–Crippen MR) is 92.0 cm³/mol. The highest BCUT2D eigenvalue weighted by Crippen LogP contribution is 2.28. The molecule has 1 amide bonds. The van der Waals surface area contributed by atoms with Crippen molar-refractivity contribution in [2.24, 2.45) is 0 Å². The van der Waals surface area contributed by atoms with Crippen molar-refractivity contribution in [3.63, 3.8) is 0 Å². The fraction of sp³-hybridized carbons (Fsp3) is 0.389. The zero-order chi connectivity index (χ0) is 16.4. The van der Waals surface area contributed by atoms with Gasteiger partial charge in [-0.3, -0.25) is 4.79 Å². The Morgan fingerprint density at radius 2 is 2.04 bits per heavy atom. The first-order chi connectivity index (χ1) is 11.0. The molecular weight excluding hydrogens is 288 g/mol. The van der Waals surface area contributed by atoms with Crippen LogP contribution in [0.2, 0.25) is 0 Å². The SMILES string of the molecule is Cc1cc(C(=O)N2CCCc3ccccc32)nc(NC(C)C)n1. The van der Waals surface area contributed by atoms with Crippen LogP contribution in [0.25, 0.3) is 0 Å². The monoisotopic (exact) mass is 310 g/mol. The number of nitrogens with zero attached hydrogens (tertiary/aromatic N) is 3. The molecule has 120 valence electrons. The molecule has 0 atom stereocenters. The first-order valence-corrected chi connectivity index (χ1v) is 8.06. The second-order valence-electron chi connectivity index (χ2n) is 6.21. The lowest BCUT2D eigenvalue weighted by atomic mass is 10.0. The number of benzene rings is 1. The van der Waals surface area contributed by atoms with Crippen LogP contribution in [0.4, 0.5) is 11.6 Å². The Morgan fingerprint density at radius 3 is 2.83 bits per heavy atom. The predicted octanol–water partition coefficient (Wildman–Crippen LogP) is 3.20. The Morgan fingerprint density at radius 1 is 1.26 bits per heavy atom. The van der Waals surface area contributed by atoms with Gasteiger partial charge in [0.15, 0.2) is 0 Å². The van der Waals surface area contributed by atoms with Crippen molar-refractivity contribution in [3.05, 3.63) is 47.3 Å². The third-order valence-electron chi connectivity index (χ3n) is 3.85. The van der Waals surface area contributed by atoms with Crippen LogP contribution in [0.15, 0.2) is 30.3 Å². The summed E-state index contributed by atoms with van der Waals surface area (Å²) in [5.74, 6) is 0.447. The zero-order valence-corrected chi connectivity index (χ0v) is 13.8. The first kappa shape index (κ1) is 15.5. The lowest BCUT2D eigenvalue weighted by molar-refractivity contribution is 0.0980. The summed E-state index contributed by atoms with van der Waals surface area (Å²) in [5.41, 5.74) is 3.45. The number of carbonyl (C=O) groups is 1. The summed E-state index contributed by atoms with van der Waals surface area (Å²) in [5, 5.41) is 3.17. The van der Waals surface area contributed by atoms with Crippen molar-refractivity contribution >= 4 is 17.5 Å². The standard InChI is InChI=1S/C18H22N4O/c1-12(2)19-18-20-13(3)11-15(21-18)17(23)22-10-6-8-14-7-4-5-9-16(14)22/h4-5,7,9,11-12H,6,8,10H2,1-3H3,(H,19,20,21). The van der Waals surface area contributed by atoms with Crippen LogP contribution in [-0.4, -0.2) is 28.5 Å². The number of rotatable bonds is 3. The first-order valence-electron chi connectivity index (χ1n) is 8.06. The molecule has 0 fully saturated rings. The lowest BCUT2D eigenvalue weighted by Crippen LogP contribution is -2.36. The second kappa shape index (κ2) is 6.36. The molecule has 1 aliphatic rings. The highest BCUT2D eigenvalue weighted by molar-refractivity contribution is 6.05. The maximum Gasteiger partial charge on any atom is 0.277 e. The zero-order valence-electron chi connectivity index (χ0n) is 13.8. The minimum atomic E-state index is -0.0607. The normalized spacial score (nSPS) is 13.8. The average Bonchev–Trinajstić information content (AvgIpc) is 2.52. The van der Waals surface area contributed by atoms with E-state index >= 15 is 0 Å². The smallest absolute Gasteiger partial charge is 0.277 e. The van der Waals surface area contributed by atoms with E-state index in [4.69, 9.17) is 0 Å². The molecule has 5 nitrogen and oxygen atoms in total. The fourth-order valence-electron chi connectivity index (χ4n) is 2.88. The molecule has 1 N–H and O–H groups in total. The third-order valence-corrected chi connectivity index (χ3v) is 3.85. The highest BCUT2D eigenvalue weighted by Gasteiger charge is 2.24. The number of amides is 1. The molecule has 0 unspecified atom stereocenters. The fourth-order valence-corrected chi connectivity index (χ4v) is 2.88. The molecule has 1 aromatic heterocycles. The molecule has 1 aromatic carbocycles. The molecule has 3 rings (SSSR count). The van der Waals surface area contributed by atoms with Crippen LogP contribution < -0.4 is 10.2 Å². The van der Waals surface area contributed by atoms with Gasteiger partial charge in [0.25, 0.3) is 5.91 Å². The number of nitrogens with one attached hydrogen (secondary N) is 1. The summed E-state index contributed by atoms with van der Waals surface area (Å²) < 4.78 is 0. The number of aryl methyl sites for hydroxylation is 2. The van der Waals surface area contributed by atoms with E-state index in [9.17, 15) is 4.79 Å². The van der Waals surface area contributed by atoms with E-state index in [1.165, 1.54) is 5.56 Å². The molecule has 23 heavy (non-hydrogen) atoms. The maximum atomic E-state index is 13.0. The molecular formula is C18H22N4O. The van der Waals surface area contributed by atoms with Crippen molar-refractivity contribution in [1.29, 1.82) is 0 Å². The molecule has 5 heteroatoms. The van der Waals surface area contributed by atoms with Gasteiger partial charge in [0.1, 0.15) is 5.69 Å². The van der Waals surface area contributed by atoms with Crippen LogP contribution in [0.1, 0.15) is 42.0 Å². The molecule has 0 bridgehead atoms. The second-order valence-corrected chi connectivity index (χ2v) is 6.21. The van der Waals surface area contributed by atoms with Crippen LogP contribution in [-0.2, 0) is 6.42 Å². The van der Waals surface area contributed by atoms with Crippen LogP contribution in [0.5, 0.6) is 0 Å². The molecule has 0 spiro atoms.